The summed E-state index contributed by atoms with van der Waals surface area (Å²) in [5, 5.41) is 12.2. The number of alkyl halides is 3. The molecule has 0 radical (unpaired) electrons. The number of H-pyrrole nitrogens is 1. The third-order valence-corrected chi connectivity index (χ3v) is 8.51. The quantitative estimate of drug-likeness (QED) is 0.176. The number of hydrogen-bond donors (Lipinski definition) is 2. The zero-order valence-corrected chi connectivity index (χ0v) is 22.6. The molecule has 40 heavy (non-hydrogen) atoms. The fraction of sp³-hybridized carbons (Fsp3) is 0.300. The number of likely N-dealkylation sites (tertiary alicyclic amines) is 1. The number of thiophene rings is 1. The van der Waals surface area contributed by atoms with E-state index in [4.69, 9.17) is 4.74 Å². The molecule has 0 unspecified atom stereocenters. The van der Waals surface area contributed by atoms with Crippen molar-refractivity contribution >= 4 is 38.0 Å². The number of ether oxygens (including phenoxy) is 1. The van der Waals surface area contributed by atoms with Crippen molar-refractivity contribution in [3.05, 3.63) is 72.2 Å². The van der Waals surface area contributed by atoms with Crippen molar-refractivity contribution in [3.8, 4) is 21.9 Å². The van der Waals surface area contributed by atoms with Gasteiger partial charge in [-0.25, -0.2) is 13.2 Å². The number of nitrogens with zero attached hydrogens (tertiary/aromatic N) is 2. The van der Waals surface area contributed by atoms with E-state index >= 15 is 0 Å². The number of halogens is 4. The van der Waals surface area contributed by atoms with Gasteiger partial charge < -0.3 is 15.0 Å². The average Bonchev–Trinajstić information content (AvgIpc) is 3.67. The van der Waals surface area contributed by atoms with Crippen LogP contribution in [0.4, 0.5) is 23.2 Å². The number of hydrogen-bond acceptors (Lipinski definition) is 5. The van der Waals surface area contributed by atoms with Crippen LogP contribution in [0.5, 0.6) is 11.5 Å². The highest BCUT2D eigenvalue weighted by Crippen LogP contribution is 2.50. The molecule has 2 N–H and O–H groups in total. The highest BCUT2D eigenvalue weighted by molar-refractivity contribution is 7.23. The van der Waals surface area contributed by atoms with Gasteiger partial charge in [-0.15, -0.1) is 11.3 Å². The molecule has 6 rings (SSSR count). The molecule has 0 bridgehead atoms. The fourth-order valence-corrected chi connectivity index (χ4v) is 6.60. The summed E-state index contributed by atoms with van der Waals surface area (Å²) in [6.07, 6.45) is 3.24. The van der Waals surface area contributed by atoms with E-state index < -0.39 is 17.3 Å². The van der Waals surface area contributed by atoms with Crippen molar-refractivity contribution in [2.45, 2.75) is 31.7 Å². The molecule has 1 atom stereocenters. The second-order valence-electron chi connectivity index (χ2n) is 10.2. The summed E-state index contributed by atoms with van der Waals surface area (Å²) < 4.78 is 63.1. The lowest BCUT2D eigenvalue weighted by atomic mass is 10.00. The molecular weight excluding hydrogens is 540 g/mol. The van der Waals surface area contributed by atoms with E-state index in [9.17, 15) is 17.6 Å². The Morgan fingerprint density at radius 3 is 2.73 bits per heavy atom. The molecular formula is C30H28F4N4OS. The van der Waals surface area contributed by atoms with Gasteiger partial charge in [-0.3, -0.25) is 9.49 Å². The van der Waals surface area contributed by atoms with Gasteiger partial charge in [0.25, 0.3) is 5.92 Å². The first-order chi connectivity index (χ1) is 19.3. The van der Waals surface area contributed by atoms with E-state index in [1.54, 1.807) is 6.20 Å². The Balaban J connectivity index is 1.33. The lowest BCUT2D eigenvalue weighted by Crippen LogP contribution is -2.27. The summed E-state index contributed by atoms with van der Waals surface area (Å²) >= 11 is 1.32. The van der Waals surface area contributed by atoms with Crippen LogP contribution >= 0.6 is 11.3 Å². The van der Waals surface area contributed by atoms with Gasteiger partial charge in [-0.1, -0.05) is 6.07 Å². The van der Waals surface area contributed by atoms with Crippen LogP contribution < -0.4 is 10.1 Å². The zero-order chi connectivity index (χ0) is 27.9. The maximum atomic E-state index is 14.7. The third-order valence-electron chi connectivity index (χ3n) is 7.25. The van der Waals surface area contributed by atoms with E-state index in [0.717, 1.165) is 65.7 Å². The Morgan fingerprint density at radius 1 is 1.12 bits per heavy atom. The van der Waals surface area contributed by atoms with Crippen molar-refractivity contribution in [3.63, 3.8) is 0 Å². The summed E-state index contributed by atoms with van der Waals surface area (Å²) in [5.41, 5.74) is 1.58. The normalized spacial score (nSPS) is 16.3. The smallest absolute Gasteiger partial charge is 0.271 e. The third kappa shape index (κ3) is 5.25. The lowest BCUT2D eigenvalue weighted by molar-refractivity contribution is 0.0178. The maximum absolute atomic E-state index is 14.7. The van der Waals surface area contributed by atoms with Crippen molar-refractivity contribution in [1.82, 2.24) is 15.1 Å². The van der Waals surface area contributed by atoms with E-state index in [1.807, 2.05) is 36.4 Å². The largest absolute Gasteiger partial charge is 0.455 e. The Labute approximate surface area is 232 Å². The summed E-state index contributed by atoms with van der Waals surface area (Å²) in [5.74, 6) is -3.01. The Morgan fingerprint density at radius 2 is 1.95 bits per heavy atom. The first kappa shape index (κ1) is 26.6. The molecule has 5 aromatic rings. The van der Waals surface area contributed by atoms with Gasteiger partial charge in [0.2, 0.25) is 0 Å². The van der Waals surface area contributed by atoms with Gasteiger partial charge in [0.05, 0.1) is 23.3 Å². The van der Waals surface area contributed by atoms with Crippen LogP contribution in [0.3, 0.4) is 0 Å². The second kappa shape index (κ2) is 10.7. The second-order valence-corrected chi connectivity index (χ2v) is 11.2. The fourth-order valence-electron chi connectivity index (χ4n) is 5.32. The molecule has 1 fully saturated rings. The molecule has 1 saturated heterocycles. The van der Waals surface area contributed by atoms with Crippen LogP contribution in [0.2, 0.25) is 0 Å². The predicted molar refractivity (Wildman–Crippen MR) is 152 cm³/mol. The minimum atomic E-state index is -3.26. The molecule has 3 heterocycles. The predicted octanol–water partition coefficient (Wildman–Crippen LogP) is 8.33. The van der Waals surface area contributed by atoms with Gasteiger partial charge in [-0.05, 0) is 61.4 Å². The molecule has 1 aliphatic rings. The number of benzene rings is 3. The molecule has 208 valence electrons. The van der Waals surface area contributed by atoms with Crippen molar-refractivity contribution in [2.24, 2.45) is 0 Å². The van der Waals surface area contributed by atoms with E-state index in [-0.39, 0.29) is 18.3 Å². The van der Waals surface area contributed by atoms with Gasteiger partial charge in [-0.2, -0.15) is 5.10 Å². The van der Waals surface area contributed by atoms with Crippen LogP contribution in [0, 0.1) is 5.82 Å². The molecule has 0 aliphatic carbocycles. The van der Waals surface area contributed by atoms with E-state index in [0.29, 0.717) is 22.8 Å². The van der Waals surface area contributed by atoms with Crippen molar-refractivity contribution in [2.75, 3.05) is 31.6 Å². The highest BCUT2D eigenvalue weighted by atomic mass is 32.1. The van der Waals surface area contributed by atoms with E-state index in [2.05, 4.69) is 20.4 Å². The topological polar surface area (TPSA) is 53.2 Å². The molecule has 3 aromatic carbocycles. The van der Waals surface area contributed by atoms with Crippen LogP contribution in [0.1, 0.15) is 25.3 Å². The van der Waals surface area contributed by atoms with Crippen molar-refractivity contribution in [1.29, 1.82) is 0 Å². The van der Waals surface area contributed by atoms with Gasteiger partial charge in [0.1, 0.15) is 11.6 Å². The van der Waals surface area contributed by atoms with Crippen LogP contribution in [0.15, 0.2) is 60.8 Å². The maximum Gasteiger partial charge on any atom is 0.271 e. The summed E-state index contributed by atoms with van der Waals surface area (Å²) in [6.45, 7) is 3.05. The Hall–Kier alpha value is -3.63. The van der Waals surface area contributed by atoms with Gasteiger partial charge in [0.15, 0.2) is 5.75 Å². The molecule has 0 spiro atoms. The number of fused-ring (bicyclic) bond motifs is 3. The number of nitrogens with one attached hydrogen (secondary N) is 2. The monoisotopic (exact) mass is 568 g/mol. The van der Waals surface area contributed by atoms with Crippen LogP contribution in [-0.2, 0) is 5.92 Å². The lowest BCUT2D eigenvalue weighted by Gasteiger charge is -2.17. The number of aromatic nitrogens is 2. The summed E-state index contributed by atoms with van der Waals surface area (Å²) in [6, 6.07) is 15.0. The molecule has 2 aromatic heterocycles. The molecule has 1 aliphatic heterocycles. The Bertz CT molecular complexity index is 1640. The first-order valence-corrected chi connectivity index (χ1v) is 14.0. The first-order valence-electron chi connectivity index (χ1n) is 13.2. The van der Waals surface area contributed by atoms with Crippen molar-refractivity contribution < 1.29 is 22.3 Å². The minimum Gasteiger partial charge on any atom is -0.455 e. The van der Waals surface area contributed by atoms with Crippen LogP contribution in [-0.4, -0.2) is 47.4 Å². The number of aromatic amines is 1. The molecule has 0 saturated carbocycles. The summed E-state index contributed by atoms with van der Waals surface area (Å²) in [7, 11) is 0. The molecule has 5 nitrogen and oxygen atoms in total. The van der Waals surface area contributed by atoms with Crippen LogP contribution in [0.25, 0.3) is 31.4 Å². The van der Waals surface area contributed by atoms with Gasteiger partial charge >= 0.3 is 0 Å². The minimum absolute atomic E-state index is 0.221. The molecule has 0 amide bonds. The number of rotatable bonds is 9. The Kier molecular flexibility index (Phi) is 7.14. The highest BCUT2D eigenvalue weighted by Gasteiger charge is 2.31. The van der Waals surface area contributed by atoms with Gasteiger partial charge in [0, 0.05) is 64.9 Å². The zero-order valence-electron chi connectivity index (χ0n) is 21.8. The number of anilines is 1. The average molecular weight is 569 g/mol. The SMILES string of the molecule is CC(F)(F)c1cc(F)ccc1-c1sc2c(ccc3[nH]ncc32)c1Oc1ccc(N[C@H]2CCN(CCCF)C2)cc1. The van der Waals surface area contributed by atoms with E-state index in [1.165, 1.54) is 23.5 Å². The standard InChI is InChI=1S/C30H28F4N4OS/c1-30(33,34)25-15-18(32)3-8-22(25)29-27(23-9-10-26-24(16-35-37-26)28(23)40-29)39-21-6-4-19(5-7-21)36-20-11-14-38(17-20)13-2-12-31/h3-10,15-16,20,36H,2,11-14,17H2,1H3,(H,35,37)/t20-/m0/s1. The molecule has 10 heteroatoms. The summed E-state index contributed by atoms with van der Waals surface area (Å²) in [4.78, 5) is 2.75.